The lowest BCUT2D eigenvalue weighted by Crippen LogP contribution is -2.26. The van der Waals surface area contributed by atoms with Gasteiger partial charge in [-0.05, 0) is 25.0 Å². The fraction of sp³-hybridized carbons (Fsp3) is 0.429. The van der Waals surface area contributed by atoms with Crippen LogP contribution in [0.2, 0.25) is 0 Å². The van der Waals surface area contributed by atoms with E-state index in [1.807, 2.05) is 0 Å². The summed E-state index contributed by atoms with van der Waals surface area (Å²) in [4.78, 5) is 0. The quantitative estimate of drug-likeness (QED) is 0.621. The molecule has 2 rings (SSSR count). The van der Waals surface area contributed by atoms with Gasteiger partial charge in [0.25, 0.3) is 0 Å². The number of methoxy groups -OCH3 is 1. The highest BCUT2D eigenvalue weighted by molar-refractivity contribution is 7.87. The zero-order valence-corrected chi connectivity index (χ0v) is 12.6. The van der Waals surface area contributed by atoms with E-state index in [0.29, 0.717) is 18.6 Å². The Hall–Kier alpha value is -1.70. The Morgan fingerprint density at radius 2 is 1.91 bits per heavy atom. The Morgan fingerprint density at radius 1 is 1.23 bits per heavy atom. The highest BCUT2D eigenvalue weighted by Gasteiger charge is 2.49. The van der Waals surface area contributed by atoms with Crippen molar-refractivity contribution in [2.24, 2.45) is 0 Å². The summed E-state index contributed by atoms with van der Waals surface area (Å²) in [6.45, 7) is 0. The molecule has 122 valence electrons. The van der Waals surface area contributed by atoms with E-state index < -0.39 is 15.6 Å². The van der Waals surface area contributed by atoms with Crippen LogP contribution in [0.25, 0.3) is 0 Å². The number of ether oxygens (including phenoxy) is 1. The average Bonchev–Trinajstić information content (AvgIpc) is 2.46. The molecule has 1 aliphatic rings. The van der Waals surface area contributed by atoms with Gasteiger partial charge in [0.15, 0.2) is 0 Å². The number of alkyl halides is 3. The molecule has 0 aliphatic heterocycles. The third-order valence-electron chi connectivity index (χ3n) is 3.36. The van der Waals surface area contributed by atoms with Crippen LogP contribution in [-0.2, 0) is 14.3 Å². The van der Waals surface area contributed by atoms with Crippen molar-refractivity contribution in [1.82, 2.24) is 0 Å². The van der Waals surface area contributed by atoms with Gasteiger partial charge in [0, 0.05) is 17.9 Å². The van der Waals surface area contributed by atoms with E-state index in [1.54, 1.807) is 24.3 Å². The molecule has 8 heteroatoms. The van der Waals surface area contributed by atoms with E-state index >= 15 is 0 Å². The molecule has 0 saturated heterocycles. The lowest BCUT2D eigenvalue weighted by atomic mass is 9.88. The first-order valence-corrected chi connectivity index (χ1v) is 8.00. The van der Waals surface area contributed by atoms with Gasteiger partial charge in [-0.15, -0.1) is 0 Å². The van der Waals surface area contributed by atoms with Gasteiger partial charge in [0.05, 0.1) is 7.11 Å². The molecule has 1 aromatic rings. The molecule has 1 unspecified atom stereocenters. The maximum atomic E-state index is 12.4. The Morgan fingerprint density at radius 3 is 2.55 bits per heavy atom. The van der Waals surface area contributed by atoms with E-state index in [1.165, 1.54) is 13.2 Å². The van der Waals surface area contributed by atoms with Gasteiger partial charge in [-0.25, -0.2) is 0 Å². The molecule has 0 aromatic heterocycles. The molecule has 22 heavy (non-hydrogen) atoms. The summed E-state index contributed by atoms with van der Waals surface area (Å²) in [6, 6.07) is 7.10. The summed E-state index contributed by atoms with van der Waals surface area (Å²) < 4.78 is 68.7. The number of halogens is 3. The second kappa shape index (κ2) is 6.20. The molecule has 0 bridgehead atoms. The van der Waals surface area contributed by atoms with Gasteiger partial charge < -0.3 is 8.92 Å². The Bertz CT molecular complexity index is 665. The fourth-order valence-corrected chi connectivity index (χ4v) is 2.88. The van der Waals surface area contributed by atoms with Gasteiger partial charge in [-0.1, -0.05) is 18.2 Å². The smallest absolute Gasteiger partial charge is 0.496 e. The molecule has 1 aromatic carbocycles. The topological polar surface area (TPSA) is 52.6 Å². The predicted molar refractivity (Wildman–Crippen MR) is 73.7 cm³/mol. The number of hydrogen-bond acceptors (Lipinski definition) is 4. The van der Waals surface area contributed by atoms with Crippen LogP contribution in [0.4, 0.5) is 13.2 Å². The number of hydrogen-bond donors (Lipinski definition) is 0. The number of para-hydroxylation sites is 1. The third-order valence-corrected chi connectivity index (χ3v) is 4.36. The summed E-state index contributed by atoms with van der Waals surface area (Å²) in [5.74, 6) is 0.173. The standard InChI is InChI=1S/C14H15F3O4S/c1-20-13-8-3-2-7-12(13)10-5-4-6-11(9-10)21-22(18,19)14(15,16)17/h2-3,7-10H,4-6H2,1H3. The van der Waals surface area contributed by atoms with Crippen molar-refractivity contribution in [1.29, 1.82) is 0 Å². The molecule has 4 nitrogen and oxygen atoms in total. The van der Waals surface area contributed by atoms with Crippen molar-refractivity contribution in [3.63, 3.8) is 0 Å². The largest absolute Gasteiger partial charge is 0.534 e. The van der Waals surface area contributed by atoms with Crippen molar-refractivity contribution in [3.8, 4) is 5.75 Å². The Labute approximate surface area is 126 Å². The van der Waals surface area contributed by atoms with Crippen molar-refractivity contribution >= 4 is 10.1 Å². The van der Waals surface area contributed by atoms with E-state index in [0.717, 1.165) is 5.56 Å². The molecular formula is C14H15F3O4S. The SMILES string of the molecule is COc1ccccc1C1C=C(OS(=O)(=O)C(F)(F)F)CCC1. The second-order valence-electron chi connectivity index (χ2n) is 4.86. The van der Waals surface area contributed by atoms with Crippen LogP contribution in [0, 0.1) is 0 Å². The van der Waals surface area contributed by atoms with Gasteiger partial charge in [-0.3, -0.25) is 0 Å². The third kappa shape index (κ3) is 3.55. The zero-order valence-electron chi connectivity index (χ0n) is 11.8. The fourth-order valence-electron chi connectivity index (χ4n) is 2.36. The lowest BCUT2D eigenvalue weighted by Gasteiger charge is -2.23. The summed E-state index contributed by atoms with van der Waals surface area (Å²) in [5.41, 5.74) is -4.64. The summed E-state index contributed by atoms with van der Waals surface area (Å²) in [7, 11) is -4.12. The average molecular weight is 336 g/mol. The van der Waals surface area contributed by atoms with Gasteiger partial charge >= 0.3 is 15.6 Å². The second-order valence-corrected chi connectivity index (χ2v) is 6.39. The molecule has 1 atom stereocenters. The van der Waals surface area contributed by atoms with Crippen molar-refractivity contribution in [3.05, 3.63) is 41.7 Å². The van der Waals surface area contributed by atoms with Crippen LogP contribution in [0.5, 0.6) is 5.75 Å². The first-order chi connectivity index (χ1) is 10.2. The summed E-state index contributed by atoms with van der Waals surface area (Å²) in [5, 5.41) is 0. The lowest BCUT2D eigenvalue weighted by molar-refractivity contribution is -0.0524. The van der Waals surface area contributed by atoms with Crippen LogP contribution < -0.4 is 4.74 Å². The predicted octanol–water partition coefficient (Wildman–Crippen LogP) is 3.71. The maximum Gasteiger partial charge on any atom is 0.534 e. The van der Waals surface area contributed by atoms with Gasteiger partial charge in [-0.2, -0.15) is 21.6 Å². The molecule has 0 saturated carbocycles. The molecule has 0 radical (unpaired) electrons. The minimum atomic E-state index is -5.62. The molecule has 0 amide bonds. The van der Waals surface area contributed by atoms with Gasteiger partial charge in [0.1, 0.15) is 11.5 Å². The zero-order chi connectivity index (χ0) is 16.4. The van der Waals surface area contributed by atoms with Crippen LogP contribution in [-0.4, -0.2) is 21.0 Å². The number of benzene rings is 1. The number of rotatable bonds is 4. The van der Waals surface area contributed by atoms with Crippen LogP contribution in [0.15, 0.2) is 36.1 Å². The summed E-state index contributed by atoms with van der Waals surface area (Å²) in [6.07, 6.45) is 2.78. The van der Waals surface area contributed by atoms with Crippen LogP contribution in [0.3, 0.4) is 0 Å². The first kappa shape index (κ1) is 16.7. The number of allylic oxidation sites excluding steroid dienone is 2. The normalized spacial score (nSPS) is 19.5. The Kier molecular flexibility index (Phi) is 4.69. The first-order valence-electron chi connectivity index (χ1n) is 6.59. The van der Waals surface area contributed by atoms with E-state index in [2.05, 4.69) is 4.18 Å². The summed E-state index contributed by atoms with van der Waals surface area (Å²) >= 11 is 0. The molecule has 0 N–H and O–H groups in total. The maximum absolute atomic E-state index is 12.4. The van der Waals surface area contributed by atoms with E-state index in [-0.39, 0.29) is 18.1 Å². The van der Waals surface area contributed by atoms with Crippen molar-refractivity contribution in [2.45, 2.75) is 30.7 Å². The molecule has 0 heterocycles. The highest BCUT2D eigenvalue weighted by atomic mass is 32.2. The van der Waals surface area contributed by atoms with Crippen molar-refractivity contribution < 1.29 is 30.5 Å². The minimum absolute atomic E-state index is 0.154. The van der Waals surface area contributed by atoms with Crippen LogP contribution in [0.1, 0.15) is 30.7 Å². The monoisotopic (exact) mass is 336 g/mol. The highest BCUT2D eigenvalue weighted by Crippen LogP contribution is 2.37. The van der Waals surface area contributed by atoms with Crippen molar-refractivity contribution in [2.75, 3.05) is 7.11 Å². The molecule has 0 spiro atoms. The molecular weight excluding hydrogens is 321 g/mol. The van der Waals surface area contributed by atoms with E-state index in [9.17, 15) is 21.6 Å². The molecule has 1 aliphatic carbocycles. The van der Waals surface area contributed by atoms with Gasteiger partial charge in [0.2, 0.25) is 0 Å². The minimum Gasteiger partial charge on any atom is -0.496 e. The van der Waals surface area contributed by atoms with E-state index in [4.69, 9.17) is 4.74 Å². The Balaban J connectivity index is 2.27. The molecule has 0 fully saturated rings. The van der Waals surface area contributed by atoms with Crippen LogP contribution >= 0.6 is 0 Å².